The van der Waals surface area contributed by atoms with Crippen LogP contribution in [-0.2, 0) is 11.3 Å². The van der Waals surface area contributed by atoms with Crippen molar-refractivity contribution >= 4 is 21.8 Å². The molecule has 112 valence electrons. The largest absolute Gasteiger partial charge is 0.480 e. The van der Waals surface area contributed by atoms with Crippen molar-refractivity contribution < 1.29 is 9.53 Å². The van der Waals surface area contributed by atoms with Gasteiger partial charge in [0.2, 0.25) is 0 Å². The SMILES string of the molecule is CCCNCc1ccc(OC(C)C(=O)NCC)c(Br)c1. The molecule has 1 aromatic rings. The maximum Gasteiger partial charge on any atom is 0.260 e. The lowest BCUT2D eigenvalue weighted by Gasteiger charge is -2.16. The number of hydrogen-bond donors (Lipinski definition) is 2. The molecule has 1 aromatic carbocycles. The van der Waals surface area contributed by atoms with Crippen LogP contribution >= 0.6 is 15.9 Å². The summed E-state index contributed by atoms with van der Waals surface area (Å²) in [6, 6.07) is 5.92. The van der Waals surface area contributed by atoms with Crippen molar-refractivity contribution in [3.05, 3.63) is 28.2 Å². The Morgan fingerprint density at radius 2 is 2.15 bits per heavy atom. The van der Waals surface area contributed by atoms with Gasteiger partial charge in [-0.25, -0.2) is 0 Å². The number of benzene rings is 1. The molecule has 1 amide bonds. The normalized spacial score (nSPS) is 12.0. The lowest BCUT2D eigenvalue weighted by Crippen LogP contribution is -2.36. The highest BCUT2D eigenvalue weighted by molar-refractivity contribution is 9.10. The second-order valence-electron chi connectivity index (χ2n) is 4.60. The molecule has 0 radical (unpaired) electrons. The van der Waals surface area contributed by atoms with E-state index < -0.39 is 6.10 Å². The smallest absolute Gasteiger partial charge is 0.260 e. The van der Waals surface area contributed by atoms with E-state index >= 15 is 0 Å². The number of carbonyl (C=O) groups excluding carboxylic acids is 1. The average molecular weight is 343 g/mol. The lowest BCUT2D eigenvalue weighted by molar-refractivity contribution is -0.127. The molecule has 0 aromatic heterocycles. The van der Waals surface area contributed by atoms with Crippen LogP contribution in [0.5, 0.6) is 5.75 Å². The molecule has 5 heteroatoms. The Kier molecular flexibility index (Phi) is 7.62. The Morgan fingerprint density at radius 3 is 2.75 bits per heavy atom. The number of hydrogen-bond acceptors (Lipinski definition) is 3. The summed E-state index contributed by atoms with van der Waals surface area (Å²) in [5, 5.41) is 6.09. The number of likely N-dealkylation sites (N-methyl/N-ethyl adjacent to an activating group) is 1. The molecule has 2 N–H and O–H groups in total. The topological polar surface area (TPSA) is 50.4 Å². The minimum atomic E-state index is -0.504. The van der Waals surface area contributed by atoms with Gasteiger partial charge >= 0.3 is 0 Å². The van der Waals surface area contributed by atoms with Crippen LogP contribution < -0.4 is 15.4 Å². The molecule has 0 bridgehead atoms. The Hall–Kier alpha value is -1.07. The summed E-state index contributed by atoms with van der Waals surface area (Å²) < 4.78 is 6.53. The van der Waals surface area contributed by atoms with E-state index in [1.807, 2.05) is 25.1 Å². The summed E-state index contributed by atoms with van der Waals surface area (Å²) >= 11 is 3.49. The standard InChI is InChI=1S/C15H23BrN2O2/c1-4-8-17-10-12-6-7-14(13(16)9-12)20-11(3)15(19)18-5-2/h6-7,9,11,17H,4-5,8,10H2,1-3H3,(H,18,19). The molecule has 0 aliphatic carbocycles. The van der Waals surface area contributed by atoms with E-state index in [1.165, 1.54) is 5.56 Å². The fourth-order valence-corrected chi connectivity index (χ4v) is 2.24. The van der Waals surface area contributed by atoms with Crippen molar-refractivity contribution in [3.63, 3.8) is 0 Å². The van der Waals surface area contributed by atoms with Gasteiger partial charge in [0.25, 0.3) is 5.91 Å². The van der Waals surface area contributed by atoms with Crippen LogP contribution in [0.1, 0.15) is 32.8 Å². The maximum atomic E-state index is 11.6. The van der Waals surface area contributed by atoms with Crippen LogP contribution in [0.4, 0.5) is 0 Å². The summed E-state index contributed by atoms with van der Waals surface area (Å²) in [4.78, 5) is 11.6. The molecule has 20 heavy (non-hydrogen) atoms. The van der Waals surface area contributed by atoms with Crippen molar-refractivity contribution in [2.24, 2.45) is 0 Å². The first-order valence-electron chi connectivity index (χ1n) is 7.02. The third kappa shape index (κ3) is 5.51. The summed E-state index contributed by atoms with van der Waals surface area (Å²) in [6.07, 6.45) is 0.613. The van der Waals surface area contributed by atoms with Gasteiger partial charge in [-0.1, -0.05) is 13.0 Å². The van der Waals surface area contributed by atoms with Crippen LogP contribution in [0.25, 0.3) is 0 Å². The van der Waals surface area contributed by atoms with E-state index in [0.717, 1.165) is 24.0 Å². The molecule has 0 heterocycles. The Balaban J connectivity index is 2.61. The molecule has 0 fully saturated rings. The third-order valence-electron chi connectivity index (χ3n) is 2.78. The van der Waals surface area contributed by atoms with Crippen LogP contribution in [0, 0.1) is 0 Å². The van der Waals surface area contributed by atoms with Gasteiger partial charge in [-0.15, -0.1) is 0 Å². The molecule has 0 saturated carbocycles. The van der Waals surface area contributed by atoms with E-state index in [9.17, 15) is 4.79 Å². The van der Waals surface area contributed by atoms with Gasteiger partial charge in [0.05, 0.1) is 4.47 Å². The Bertz CT molecular complexity index is 438. The van der Waals surface area contributed by atoms with Crippen molar-refractivity contribution in [1.29, 1.82) is 0 Å². The number of nitrogens with one attached hydrogen (secondary N) is 2. The summed E-state index contributed by atoms with van der Waals surface area (Å²) in [7, 11) is 0. The number of halogens is 1. The summed E-state index contributed by atoms with van der Waals surface area (Å²) in [5.74, 6) is 0.580. The van der Waals surface area contributed by atoms with Gasteiger partial charge in [-0.05, 0) is 60.4 Å². The van der Waals surface area contributed by atoms with E-state index in [4.69, 9.17) is 4.74 Å². The zero-order valence-corrected chi connectivity index (χ0v) is 13.9. The van der Waals surface area contributed by atoms with Crippen molar-refractivity contribution in [1.82, 2.24) is 10.6 Å². The van der Waals surface area contributed by atoms with Gasteiger partial charge < -0.3 is 15.4 Å². The monoisotopic (exact) mass is 342 g/mol. The second kappa shape index (κ2) is 8.97. The molecule has 1 rings (SSSR count). The van der Waals surface area contributed by atoms with Crippen LogP contribution in [0.2, 0.25) is 0 Å². The highest BCUT2D eigenvalue weighted by Crippen LogP contribution is 2.27. The van der Waals surface area contributed by atoms with Gasteiger partial charge in [0.1, 0.15) is 5.75 Å². The predicted molar refractivity (Wildman–Crippen MR) is 84.9 cm³/mol. The first kappa shape index (κ1) is 17.0. The second-order valence-corrected chi connectivity index (χ2v) is 5.45. The fraction of sp³-hybridized carbons (Fsp3) is 0.533. The summed E-state index contributed by atoms with van der Waals surface area (Å²) in [6.45, 7) is 8.22. The fourth-order valence-electron chi connectivity index (χ4n) is 1.72. The number of carbonyl (C=O) groups is 1. The van der Waals surface area contributed by atoms with Crippen molar-refractivity contribution in [2.75, 3.05) is 13.1 Å². The zero-order valence-electron chi connectivity index (χ0n) is 12.3. The molecule has 4 nitrogen and oxygen atoms in total. The molecular formula is C15H23BrN2O2. The van der Waals surface area contributed by atoms with Crippen molar-refractivity contribution in [3.8, 4) is 5.75 Å². The van der Waals surface area contributed by atoms with E-state index in [0.29, 0.717) is 12.3 Å². The van der Waals surface area contributed by atoms with Gasteiger partial charge in [0.15, 0.2) is 6.10 Å². The van der Waals surface area contributed by atoms with Gasteiger partial charge in [-0.3, -0.25) is 4.79 Å². The quantitative estimate of drug-likeness (QED) is 0.714. The predicted octanol–water partition coefficient (Wildman–Crippen LogP) is 2.85. The molecular weight excluding hydrogens is 320 g/mol. The molecule has 0 saturated heterocycles. The highest BCUT2D eigenvalue weighted by atomic mass is 79.9. The first-order chi connectivity index (χ1) is 9.58. The molecule has 0 aliphatic heterocycles. The Morgan fingerprint density at radius 1 is 1.40 bits per heavy atom. The molecule has 1 unspecified atom stereocenters. The first-order valence-corrected chi connectivity index (χ1v) is 7.81. The van der Waals surface area contributed by atoms with E-state index in [1.54, 1.807) is 6.92 Å². The Labute approximate surface area is 129 Å². The highest BCUT2D eigenvalue weighted by Gasteiger charge is 2.15. The zero-order chi connectivity index (χ0) is 15.0. The molecule has 0 aliphatic rings. The van der Waals surface area contributed by atoms with Crippen LogP contribution in [0.15, 0.2) is 22.7 Å². The van der Waals surface area contributed by atoms with Crippen LogP contribution in [-0.4, -0.2) is 25.1 Å². The number of ether oxygens (including phenoxy) is 1. The van der Waals surface area contributed by atoms with Crippen molar-refractivity contribution in [2.45, 2.75) is 39.8 Å². The number of rotatable bonds is 8. The third-order valence-corrected chi connectivity index (χ3v) is 3.40. The number of amides is 1. The van der Waals surface area contributed by atoms with Gasteiger partial charge in [0, 0.05) is 13.1 Å². The summed E-state index contributed by atoms with van der Waals surface area (Å²) in [5.41, 5.74) is 1.18. The van der Waals surface area contributed by atoms with Gasteiger partial charge in [-0.2, -0.15) is 0 Å². The average Bonchev–Trinajstić information content (AvgIpc) is 2.42. The molecule has 1 atom stereocenters. The lowest BCUT2D eigenvalue weighted by atomic mass is 10.2. The van der Waals surface area contributed by atoms with E-state index in [-0.39, 0.29) is 5.91 Å². The molecule has 0 spiro atoms. The maximum absolute atomic E-state index is 11.6. The van der Waals surface area contributed by atoms with Crippen LogP contribution in [0.3, 0.4) is 0 Å². The van der Waals surface area contributed by atoms with E-state index in [2.05, 4.69) is 33.5 Å². The minimum Gasteiger partial charge on any atom is -0.480 e. The minimum absolute atomic E-state index is 0.104.